The van der Waals surface area contributed by atoms with Crippen molar-refractivity contribution >= 4 is 17.3 Å². The molecule has 0 radical (unpaired) electrons. The van der Waals surface area contributed by atoms with E-state index in [1.54, 1.807) is 20.2 Å². The number of carbonyl (C=O) groups is 1. The normalized spacial score (nSPS) is 26.1. The van der Waals surface area contributed by atoms with Gasteiger partial charge in [0, 0.05) is 44.9 Å². The van der Waals surface area contributed by atoms with Gasteiger partial charge in [-0.25, -0.2) is 0 Å². The van der Waals surface area contributed by atoms with Crippen LogP contribution < -0.4 is 10.6 Å². The first kappa shape index (κ1) is 13.8. The predicted molar refractivity (Wildman–Crippen MR) is 78.4 cm³/mol. The van der Waals surface area contributed by atoms with Crippen LogP contribution >= 0.6 is 0 Å². The molecular formula is C14H18N4O3. The maximum Gasteiger partial charge on any atom is 0.292 e. The summed E-state index contributed by atoms with van der Waals surface area (Å²) >= 11 is 0. The van der Waals surface area contributed by atoms with Gasteiger partial charge in [0.05, 0.1) is 4.92 Å². The van der Waals surface area contributed by atoms with E-state index in [-0.39, 0.29) is 17.6 Å². The van der Waals surface area contributed by atoms with E-state index in [9.17, 15) is 14.9 Å². The van der Waals surface area contributed by atoms with Crippen LogP contribution in [0.4, 0.5) is 11.4 Å². The Bertz CT molecular complexity index is 592. The van der Waals surface area contributed by atoms with Crippen LogP contribution in [0, 0.1) is 22.0 Å². The van der Waals surface area contributed by atoms with Crippen molar-refractivity contribution in [1.29, 1.82) is 0 Å². The van der Waals surface area contributed by atoms with E-state index in [4.69, 9.17) is 0 Å². The molecule has 3 rings (SSSR count). The van der Waals surface area contributed by atoms with Crippen LogP contribution in [0.3, 0.4) is 0 Å². The summed E-state index contributed by atoms with van der Waals surface area (Å²) in [6.07, 6.45) is 0. The van der Waals surface area contributed by atoms with E-state index in [2.05, 4.69) is 10.6 Å². The van der Waals surface area contributed by atoms with Crippen molar-refractivity contribution in [2.24, 2.45) is 11.8 Å². The number of nitro groups is 1. The maximum atomic E-state index is 12.0. The van der Waals surface area contributed by atoms with E-state index in [1.165, 1.54) is 17.0 Å². The molecule has 7 nitrogen and oxygen atoms in total. The second kappa shape index (κ2) is 5.00. The lowest BCUT2D eigenvalue weighted by molar-refractivity contribution is -0.384. The van der Waals surface area contributed by atoms with Crippen molar-refractivity contribution in [3.63, 3.8) is 0 Å². The van der Waals surface area contributed by atoms with E-state index in [0.29, 0.717) is 23.1 Å². The minimum Gasteiger partial charge on any atom is -0.376 e. The molecule has 2 fully saturated rings. The number of amides is 1. The van der Waals surface area contributed by atoms with Crippen LogP contribution in [0.25, 0.3) is 0 Å². The number of anilines is 1. The highest BCUT2D eigenvalue weighted by atomic mass is 16.6. The molecule has 0 aromatic heterocycles. The molecular weight excluding hydrogens is 272 g/mol. The largest absolute Gasteiger partial charge is 0.376 e. The van der Waals surface area contributed by atoms with Crippen LogP contribution in [0.1, 0.15) is 10.4 Å². The molecule has 1 aromatic rings. The highest BCUT2D eigenvalue weighted by Crippen LogP contribution is 2.44. The summed E-state index contributed by atoms with van der Waals surface area (Å²) < 4.78 is 0. The van der Waals surface area contributed by atoms with Gasteiger partial charge in [-0.2, -0.15) is 0 Å². The number of piperidine rings is 1. The van der Waals surface area contributed by atoms with Gasteiger partial charge >= 0.3 is 0 Å². The Morgan fingerprint density at radius 1 is 1.38 bits per heavy atom. The van der Waals surface area contributed by atoms with Gasteiger partial charge in [0.15, 0.2) is 0 Å². The number of nitro benzene ring substituents is 1. The SMILES string of the molecule is CN(C)C(=O)c1ccc([N+](=O)[O-])c(NC2C3CNCC32)c1. The number of hydrogen-bond acceptors (Lipinski definition) is 5. The van der Waals surface area contributed by atoms with E-state index in [1.807, 2.05) is 0 Å². The van der Waals surface area contributed by atoms with Crippen LogP contribution in [-0.4, -0.2) is 49.0 Å². The summed E-state index contributed by atoms with van der Waals surface area (Å²) in [5, 5.41) is 17.7. The number of nitrogens with one attached hydrogen (secondary N) is 2. The second-order valence-corrected chi connectivity index (χ2v) is 5.84. The quantitative estimate of drug-likeness (QED) is 0.636. The van der Waals surface area contributed by atoms with Gasteiger partial charge in [-0.15, -0.1) is 0 Å². The lowest BCUT2D eigenvalue weighted by Gasteiger charge is -2.13. The molecule has 1 saturated heterocycles. The standard InChI is InChI=1S/C14H18N4O3/c1-17(2)14(19)8-3-4-12(18(20)21)11(5-8)16-13-9-6-15-7-10(9)13/h3-5,9-10,13,15-16H,6-7H2,1-2H3. The molecule has 1 amide bonds. The third-order valence-electron chi connectivity index (χ3n) is 4.26. The number of hydrogen-bond donors (Lipinski definition) is 2. The highest BCUT2D eigenvalue weighted by Gasteiger charge is 2.53. The summed E-state index contributed by atoms with van der Waals surface area (Å²) in [6.45, 7) is 1.90. The van der Waals surface area contributed by atoms with Crippen LogP contribution in [0.15, 0.2) is 18.2 Å². The minimum absolute atomic E-state index is 0.0169. The third-order valence-corrected chi connectivity index (χ3v) is 4.26. The Kier molecular flexibility index (Phi) is 3.29. The van der Waals surface area contributed by atoms with Gasteiger partial charge in [0.25, 0.3) is 11.6 Å². The zero-order valence-electron chi connectivity index (χ0n) is 12.0. The third kappa shape index (κ3) is 2.44. The summed E-state index contributed by atoms with van der Waals surface area (Å²) in [6, 6.07) is 4.76. The summed E-state index contributed by atoms with van der Waals surface area (Å²) in [4.78, 5) is 24.2. The summed E-state index contributed by atoms with van der Waals surface area (Å²) in [5.41, 5.74) is 0.910. The number of fused-ring (bicyclic) bond motifs is 1. The maximum absolute atomic E-state index is 12.0. The molecule has 1 aliphatic heterocycles. The van der Waals surface area contributed by atoms with Crippen molar-refractivity contribution in [1.82, 2.24) is 10.2 Å². The summed E-state index contributed by atoms with van der Waals surface area (Å²) in [5.74, 6) is 0.918. The van der Waals surface area contributed by atoms with Gasteiger partial charge in [0.2, 0.25) is 0 Å². The Morgan fingerprint density at radius 3 is 2.62 bits per heavy atom. The second-order valence-electron chi connectivity index (χ2n) is 5.84. The Labute approximate surface area is 122 Å². The van der Waals surface area contributed by atoms with E-state index >= 15 is 0 Å². The molecule has 21 heavy (non-hydrogen) atoms. The first-order valence-electron chi connectivity index (χ1n) is 6.96. The molecule has 2 atom stereocenters. The van der Waals surface area contributed by atoms with E-state index in [0.717, 1.165) is 13.1 Å². The first-order chi connectivity index (χ1) is 9.99. The lowest BCUT2D eigenvalue weighted by atomic mass is 10.1. The molecule has 2 N–H and O–H groups in total. The van der Waals surface area contributed by atoms with E-state index < -0.39 is 4.92 Å². The van der Waals surface area contributed by atoms with Gasteiger partial charge in [-0.05, 0) is 24.0 Å². The molecule has 0 spiro atoms. The van der Waals surface area contributed by atoms with Gasteiger partial charge in [-0.1, -0.05) is 0 Å². The highest BCUT2D eigenvalue weighted by molar-refractivity contribution is 5.95. The fraction of sp³-hybridized carbons (Fsp3) is 0.500. The Hall–Kier alpha value is -2.15. The van der Waals surface area contributed by atoms with Gasteiger partial charge in [-0.3, -0.25) is 14.9 Å². The Morgan fingerprint density at radius 2 is 2.05 bits per heavy atom. The molecule has 2 aliphatic rings. The van der Waals surface area contributed by atoms with Crippen molar-refractivity contribution in [2.45, 2.75) is 6.04 Å². The molecule has 2 unspecified atom stereocenters. The predicted octanol–water partition coefficient (Wildman–Crippen LogP) is 0.926. The fourth-order valence-electron chi connectivity index (χ4n) is 3.01. The molecule has 1 saturated carbocycles. The zero-order chi connectivity index (χ0) is 15.1. The summed E-state index contributed by atoms with van der Waals surface area (Å²) in [7, 11) is 3.32. The molecule has 7 heteroatoms. The molecule has 1 aromatic carbocycles. The first-order valence-corrected chi connectivity index (χ1v) is 6.96. The minimum atomic E-state index is -0.414. The lowest BCUT2D eigenvalue weighted by Crippen LogP contribution is -2.23. The van der Waals surface area contributed by atoms with Crippen molar-refractivity contribution in [2.75, 3.05) is 32.5 Å². The number of nitrogens with zero attached hydrogens (tertiary/aromatic N) is 2. The molecule has 1 aliphatic carbocycles. The van der Waals surface area contributed by atoms with Gasteiger partial charge in [0.1, 0.15) is 5.69 Å². The number of rotatable bonds is 4. The van der Waals surface area contributed by atoms with Crippen molar-refractivity contribution in [3.8, 4) is 0 Å². The number of benzene rings is 1. The van der Waals surface area contributed by atoms with Gasteiger partial charge < -0.3 is 15.5 Å². The smallest absolute Gasteiger partial charge is 0.292 e. The van der Waals surface area contributed by atoms with Crippen molar-refractivity contribution < 1.29 is 9.72 Å². The van der Waals surface area contributed by atoms with Crippen LogP contribution in [-0.2, 0) is 0 Å². The van der Waals surface area contributed by atoms with Crippen LogP contribution in [0.2, 0.25) is 0 Å². The Balaban J connectivity index is 1.86. The average Bonchev–Trinajstić information content (AvgIpc) is 2.87. The average molecular weight is 290 g/mol. The molecule has 1 heterocycles. The zero-order valence-corrected chi connectivity index (χ0v) is 12.0. The number of carbonyl (C=O) groups excluding carboxylic acids is 1. The molecule has 0 bridgehead atoms. The fourth-order valence-corrected chi connectivity index (χ4v) is 3.01. The topological polar surface area (TPSA) is 87.5 Å². The monoisotopic (exact) mass is 290 g/mol. The van der Waals surface area contributed by atoms with Crippen LogP contribution in [0.5, 0.6) is 0 Å². The molecule has 112 valence electrons. The van der Waals surface area contributed by atoms with Crippen molar-refractivity contribution in [3.05, 3.63) is 33.9 Å².